The predicted molar refractivity (Wildman–Crippen MR) is 62.3 cm³/mol. The highest BCUT2D eigenvalue weighted by molar-refractivity contribution is 6.30. The van der Waals surface area contributed by atoms with Gasteiger partial charge in [-0.2, -0.15) is 0 Å². The molecule has 5 nitrogen and oxygen atoms in total. The number of nitrogens with zero attached hydrogens (tertiary/aromatic N) is 3. The molecule has 88 valence electrons. The topological polar surface area (TPSA) is 57.0 Å². The van der Waals surface area contributed by atoms with E-state index in [4.69, 9.17) is 16.3 Å². The van der Waals surface area contributed by atoms with Crippen LogP contribution in [0.15, 0.2) is 30.9 Å². The maximum atomic E-state index is 11.4. The van der Waals surface area contributed by atoms with Crippen molar-refractivity contribution in [3.63, 3.8) is 0 Å². The number of pyridine rings is 1. The second kappa shape index (κ2) is 4.97. The molecule has 0 fully saturated rings. The van der Waals surface area contributed by atoms with Crippen molar-refractivity contribution in [2.24, 2.45) is 0 Å². The Morgan fingerprint density at radius 3 is 2.94 bits per heavy atom. The summed E-state index contributed by atoms with van der Waals surface area (Å²) in [6.07, 6.45) is 4.59. The summed E-state index contributed by atoms with van der Waals surface area (Å²) in [5.41, 5.74) is 0.253. The van der Waals surface area contributed by atoms with Gasteiger partial charge in [0.15, 0.2) is 5.69 Å². The normalized spacial score (nSPS) is 10.2. The van der Waals surface area contributed by atoms with Crippen LogP contribution >= 0.6 is 11.6 Å². The molecule has 0 unspecified atom stereocenters. The molecule has 0 aliphatic carbocycles. The summed E-state index contributed by atoms with van der Waals surface area (Å²) in [7, 11) is 0. The standard InChI is InChI=1S/C11H10ClN3O2/c1-2-17-11(16)9-6-15(7-14-9)10-4-3-8(12)5-13-10/h3-7H,2H2,1H3. The second-order valence-electron chi connectivity index (χ2n) is 3.22. The number of hydrogen-bond donors (Lipinski definition) is 0. The smallest absolute Gasteiger partial charge is 0.358 e. The first-order valence-corrected chi connectivity index (χ1v) is 5.41. The molecule has 0 aromatic carbocycles. The van der Waals surface area contributed by atoms with E-state index in [1.54, 1.807) is 29.8 Å². The Kier molecular flexibility index (Phi) is 3.39. The Morgan fingerprint density at radius 1 is 1.47 bits per heavy atom. The zero-order chi connectivity index (χ0) is 12.3. The Bertz CT molecular complexity index is 522. The third-order valence-electron chi connectivity index (χ3n) is 2.04. The van der Waals surface area contributed by atoms with Gasteiger partial charge in [-0.15, -0.1) is 0 Å². The van der Waals surface area contributed by atoms with Crippen molar-refractivity contribution < 1.29 is 9.53 Å². The van der Waals surface area contributed by atoms with E-state index in [0.717, 1.165) is 0 Å². The van der Waals surface area contributed by atoms with Crippen molar-refractivity contribution in [1.82, 2.24) is 14.5 Å². The number of carbonyl (C=O) groups is 1. The van der Waals surface area contributed by atoms with Crippen LogP contribution in [0, 0.1) is 0 Å². The van der Waals surface area contributed by atoms with Crippen LogP contribution < -0.4 is 0 Å². The molecule has 0 saturated heterocycles. The lowest BCUT2D eigenvalue weighted by molar-refractivity contribution is 0.0520. The zero-order valence-corrected chi connectivity index (χ0v) is 9.89. The average Bonchev–Trinajstić information content (AvgIpc) is 2.80. The number of carbonyl (C=O) groups excluding carboxylic acids is 1. The van der Waals surface area contributed by atoms with E-state index in [-0.39, 0.29) is 5.69 Å². The fourth-order valence-corrected chi connectivity index (χ4v) is 1.39. The lowest BCUT2D eigenvalue weighted by Crippen LogP contribution is -2.04. The van der Waals surface area contributed by atoms with Gasteiger partial charge in [0, 0.05) is 12.4 Å². The number of rotatable bonds is 3. The van der Waals surface area contributed by atoms with Crippen LogP contribution in [-0.4, -0.2) is 27.1 Å². The molecule has 0 radical (unpaired) electrons. The minimum atomic E-state index is -0.444. The summed E-state index contributed by atoms with van der Waals surface area (Å²) in [6.45, 7) is 2.07. The van der Waals surface area contributed by atoms with Crippen LogP contribution in [0.4, 0.5) is 0 Å². The minimum absolute atomic E-state index is 0.253. The van der Waals surface area contributed by atoms with Crippen LogP contribution in [0.3, 0.4) is 0 Å². The molecule has 2 rings (SSSR count). The molecule has 2 aromatic rings. The number of hydrogen-bond acceptors (Lipinski definition) is 4. The number of ether oxygens (including phenoxy) is 1. The van der Waals surface area contributed by atoms with E-state index in [0.29, 0.717) is 17.4 Å². The SMILES string of the molecule is CCOC(=O)c1cn(-c2ccc(Cl)cn2)cn1. The molecule has 2 heterocycles. The maximum absolute atomic E-state index is 11.4. The van der Waals surface area contributed by atoms with Gasteiger partial charge in [-0.3, -0.25) is 4.57 Å². The highest BCUT2D eigenvalue weighted by Crippen LogP contribution is 2.10. The van der Waals surface area contributed by atoms with Gasteiger partial charge >= 0.3 is 5.97 Å². The maximum Gasteiger partial charge on any atom is 0.358 e. The van der Waals surface area contributed by atoms with Crippen LogP contribution in [0.1, 0.15) is 17.4 Å². The van der Waals surface area contributed by atoms with Gasteiger partial charge in [-0.05, 0) is 19.1 Å². The van der Waals surface area contributed by atoms with E-state index in [2.05, 4.69) is 9.97 Å². The summed E-state index contributed by atoms with van der Waals surface area (Å²) in [5.74, 6) is 0.192. The lowest BCUT2D eigenvalue weighted by atomic mass is 10.4. The summed E-state index contributed by atoms with van der Waals surface area (Å²) >= 11 is 5.73. The highest BCUT2D eigenvalue weighted by Gasteiger charge is 2.10. The van der Waals surface area contributed by atoms with Crippen LogP contribution in [0.5, 0.6) is 0 Å². The Morgan fingerprint density at radius 2 is 2.29 bits per heavy atom. The van der Waals surface area contributed by atoms with Gasteiger partial charge in [0.2, 0.25) is 0 Å². The Balaban J connectivity index is 2.23. The number of esters is 1. The van der Waals surface area contributed by atoms with E-state index in [1.165, 1.54) is 12.5 Å². The molecule has 0 aliphatic rings. The molecule has 0 bridgehead atoms. The summed E-state index contributed by atoms with van der Waals surface area (Å²) in [6, 6.07) is 3.45. The van der Waals surface area contributed by atoms with E-state index < -0.39 is 5.97 Å². The fraction of sp³-hybridized carbons (Fsp3) is 0.182. The molecule has 0 N–H and O–H groups in total. The second-order valence-corrected chi connectivity index (χ2v) is 3.66. The van der Waals surface area contributed by atoms with E-state index in [9.17, 15) is 4.79 Å². The molecule has 0 saturated carbocycles. The fourth-order valence-electron chi connectivity index (χ4n) is 1.28. The average molecular weight is 252 g/mol. The molecule has 0 atom stereocenters. The van der Waals surface area contributed by atoms with Crippen molar-refractivity contribution in [3.8, 4) is 5.82 Å². The van der Waals surface area contributed by atoms with Crippen molar-refractivity contribution in [1.29, 1.82) is 0 Å². The molecule has 0 aliphatic heterocycles. The molecule has 0 spiro atoms. The zero-order valence-electron chi connectivity index (χ0n) is 9.13. The third-order valence-corrected chi connectivity index (χ3v) is 2.27. The first kappa shape index (κ1) is 11.6. The first-order valence-electron chi connectivity index (χ1n) is 5.03. The monoisotopic (exact) mass is 251 g/mol. The minimum Gasteiger partial charge on any atom is -0.461 e. The summed E-state index contributed by atoms with van der Waals surface area (Å²) in [5, 5.41) is 0.555. The van der Waals surface area contributed by atoms with Crippen LogP contribution in [0.25, 0.3) is 5.82 Å². The van der Waals surface area contributed by atoms with E-state index >= 15 is 0 Å². The van der Waals surface area contributed by atoms with Crippen molar-refractivity contribution in [3.05, 3.63) is 41.6 Å². The number of halogens is 1. The summed E-state index contributed by atoms with van der Waals surface area (Å²) < 4.78 is 6.47. The van der Waals surface area contributed by atoms with Crippen LogP contribution in [0.2, 0.25) is 5.02 Å². The molecular weight excluding hydrogens is 242 g/mol. The molecule has 6 heteroatoms. The first-order chi connectivity index (χ1) is 8.20. The van der Waals surface area contributed by atoms with Crippen molar-refractivity contribution >= 4 is 17.6 Å². The van der Waals surface area contributed by atoms with Crippen molar-refractivity contribution in [2.75, 3.05) is 6.61 Å². The molecular formula is C11H10ClN3O2. The van der Waals surface area contributed by atoms with Gasteiger partial charge in [0.05, 0.1) is 11.6 Å². The lowest BCUT2D eigenvalue weighted by Gasteiger charge is -1.99. The number of aromatic nitrogens is 3. The van der Waals surface area contributed by atoms with Gasteiger partial charge < -0.3 is 4.74 Å². The number of imidazole rings is 1. The largest absolute Gasteiger partial charge is 0.461 e. The van der Waals surface area contributed by atoms with Gasteiger partial charge in [0.1, 0.15) is 12.1 Å². The Labute approximate surface area is 103 Å². The van der Waals surface area contributed by atoms with Crippen LogP contribution in [-0.2, 0) is 4.74 Å². The van der Waals surface area contributed by atoms with Gasteiger partial charge in [0.25, 0.3) is 0 Å². The van der Waals surface area contributed by atoms with Crippen molar-refractivity contribution in [2.45, 2.75) is 6.92 Å². The molecule has 17 heavy (non-hydrogen) atoms. The molecule has 2 aromatic heterocycles. The predicted octanol–water partition coefficient (Wildman–Crippen LogP) is 2.10. The summed E-state index contributed by atoms with van der Waals surface area (Å²) in [4.78, 5) is 19.5. The van der Waals surface area contributed by atoms with E-state index in [1.807, 2.05) is 0 Å². The Hall–Kier alpha value is -1.88. The highest BCUT2D eigenvalue weighted by atomic mass is 35.5. The quantitative estimate of drug-likeness (QED) is 0.784. The van der Waals surface area contributed by atoms with Gasteiger partial charge in [-0.1, -0.05) is 11.6 Å². The molecule has 0 amide bonds. The van der Waals surface area contributed by atoms with Gasteiger partial charge in [-0.25, -0.2) is 14.8 Å². The third kappa shape index (κ3) is 2.62.